The van der Waals surface area contributed by atoms with Crippen molar-refractivity contribution in [2.45, 2.75) is 0 Å². The fourth-order valence-corrected chi connectivity index (χ4v) is 3.66. The second kappa shape index (κ2) is 21.1. The molecule has 0 atom stereocenters. The minimum atomic E-state index is -1.46. The van der Waals surface area contributed by atoms with E-state index in [2.05, 4.69) is 0 Å². The Bertz CT molecular complexity index is 1270. The van der Waals surface area contributed by atoms with Gasteiger partial charge >= 0.3 is 0 Å². The fraction of sp³-hybridized carbons (Fsp3) is 0.455. The average Bonchev–Trinajstić information content (AvgIpc) is 3.00. The van der Waals surface area contributed by atoms with Gasteiger partial charge < -0.3 is 40.4 Å². The number of quaternary nitrogens is 2. The Kier molecular flexibility index (Phi) is 18.5. The van der Waals surface area contributed by atoms with E-state index >= 15 is 0 Å². The van der Waals surface area contributed by atoms with Crippen LogP contribution < -0.4 is 20.0 Å². The zero-order chi connectivity index (χ0) is 37.1. The Balaban J connectivity index is 0.000000690. The van der Waals surface area contributed by atoms with Crippen LogP contribution in [0.25, 0.3) is 0 Å². The molecule has 0 spiro atoms. The topological polar surface area (TPSA) is 395 Å². The number of benzene rings is 2. The molecule has 6 N–H and O–H groups in total. The lowest BCUT2D eigenvalue weighted by Crippen LogP contribution is -3.21. The van der Waals surface area contributed by atoms with Crippen molar-refractivity contribution in [2.75, 3.05) is 65.7 Å². The summed E-state index contributed by atoms with van der Waals surface area (Å²) in [6.45, 7) is 4.65. The van der Waals surface area contributed by atoms with E-state index in [4.69, 9.17) is 20.4 Å². The van der Waals surface area contributed by atoms with Gasteiger partial charge in [-0.2, -0.15) is 0 Å². The molecule has 48 heavy (non-hydrogen) atoms. The molecule has 2 aromatic carbocycles. The molecule has 0 aliphatic carbocycles. The predicted octanol–water partition coefficient (Wildman–Crippen LogP) is -4.30. The molecule has 26 nitrogen and oxygen atoms in total. The van der Waals surface area contributed by atoms with Gasteiger partial charge in [-0.3, -0.25) is 60.7 Å². The highest BCUT2D eigenvalue weighted by Gasteiger charge is 2.25. The fourth-order valence-electron chi connectivity index (χ4n) is 3.66. The van der Waals surface area contributed by atoms with Crippen LogP contribution in [0, 0.1) is 60.7 Å². The van der Waals surface area contributed by atoms with E-state index in [0.29, 0.717) is 50.4 Å². The van der Waals surface area contributed by atoms with Crippen molar-refractivity contribution in [1.82, 2.24) is 0 Å². The number of hydrogen-bond donors (Lipinski definition) is 6. The summed E-state index contributed by atoms with van der Waals surface area (Å²) >= 11 is 0. The van der Waals surface area contributed by atoms with Crippen LogP contribution in [0.4, 0.5) is 34.1 Å². The van der Waals surface area contributed by atoms with Crippen LogP contribution in [0.2, 0.25) is 0 Å². The quantitative estimate of drug-likeness (QED) is 0.0673. The molecule has 0 radical (unpaired) electrons. The third-order valence-corrected chi connectivity index (χ3v) is 5.97. The van der Waals surface area contributed by atoms with E-state index in [0.717, 1.165) is 22.9 Å². The van der Waals surface area contributed by atoms with Crippen molar-refractivity contribution in [3.05, 3.63) is 85.0 Å². The van der Waals surface area contributed by atoms with Gasteiger partial charge in [-0.15, -0.1) is 0 Å². The Hall–Kier alpha value is -5.80. The number of nitrogens with zero attached hydrogens (tertiary/aromatic N) is 6. The monoisotopic (exact) mass is 694 g/mol. The molecular formula is C22H30N8O18. The number of aliphatic hydroxyl groups excluding tert-OH is 4. The van der Waals surface area contributed by atoms with Gasteiger partial charge in [-0.25, -0.2) is 0 Å². The summed E-state index contributed by atoms with van der Waals surface area (Å²) in [5.41, 5.74) is -6.53. The second-order valence-electron chi connectivity index (χ2n) is 9.06. The molecule has 2 rings (SSSR count). The van der Waals surface area contributed by atoms with Crippen molar-refractivity contribution >= 4 is 34.1 Å². The second-order valence-corrected chi connectivity index (χ2v) is 9.06. The molecule has 0 aromatic heterocycles. The molecule has 2 aromatic rings. The maximum absolute atomic E-state index is 11.1. The zero-order valence-corrected chi connectivity index (χ0v) is 24.6. The number of nitrogens with one attached hydrogen (secondary N) is 2. The molecule has 0 aliphatic heterocycles. The highest BCUT2D eigenvalue weighted by atomic mass is 16.7. The van der Waals surface area contributed by atoms with Crippen LogP contribution in [0.5, 0.6) is 11.5 Å². The van der Waals surface area contributed by atoms with Gasteiger partial charge in [0.15, 0.2) is 0 Å². The third kappa shape index (κ3) is 13.7. The van der Waals surface area contributed by atoms with Gasteiger partial charge in [0.05, 0.1) is 91.7 Å². The predicted molar refractivity (Wildman–Crippen MR) is 151 cm³/mol. The van der Waals surface area contributed by atoms with Crippen molar-refractivity contribution in [2.24, 2.45) is 0 Å². The number of nitro benzene ring substituents is 6. The molecule has 266 valence electrons. The number of rotatable bonds is 17. The SMILES string of the molecule is O=[N+]([O-])c1cc([N+](=O)[O-])c([O-])c([N+](=O)[O-])c1.O=[N+]([O-])c1cc([N+](=O)[O-])c([O-])c([N+](=O)[O-])c1.OCC[NH+](CCO)CC[NH+](CCO)CCO. The van der Waals surface area contributed by atoms with Gasteiger partial charge in [-0.1, -0.05) is 0 Å². The highest BCUT2D eigenvalue weighted by molar-refractivity contribution is 5.64. The summed E-state index contributed by atoms with van der Waals surface area (Å²) in [5.74, 6) is -2.92. The molecule has 0 aliphatic rings. The lowest BCUT2D eigenvalue weighted by Gasteiger charge is -2.21. The van der Waals surface area contributed by atoms with Crippen molar-refractivity contribution in [3.8, 4) is 11.5 Å². The summed E-state index contributed by atoms with van der Waals surface area (Å²) in [6.07, 6.45) is 0. The molecule has 0 saturated heterocycles. The average molecular weight is 695 g/mol. The maximum Gasteiger partial charge on any atom is 0.283 e. The molecule has 0 fully saturated rings. The van der Waals surface area contributed by atoms with Gasteiger partial charge in [0, 0.05) is 0 Å². The van der Waals surface area contributed by atoms with Crippen molar-refractivity contribution in [1.29, 1.82) is 0 Å². The minimum absolute atomic E-state index is 0.116. The Labute approximate surface area is 266 Å². The lowest BCUT2D eigenvalue weighted by atomic mass is 10.2. The molecule has 0 heterocycles. The van der Waals surface area contributed by atoms with Crippen molar-refractivity contribution < 1.29 is 70.0 Å². The summed E-state index contributed by atoms with van der Waals surface area (Å²) in [4.78, 5) is 57.3. The summed E-state index contributed by atoms with van der Waals surface area (Å²) in [5, 5.41) is 120. The largest absolute Gasteiger partial charge is 0.863 e. The number of aliphatic hydroxyl groups is 4. The first-order chi connectivity index (χ1) is 22.5. The van der Waals surface area contributed by atoms with E-state index in [1.807, 2.05) is 0 Å². The first-order valence-electron chi connectivity index (χ1n) is 13.1. The van der Waals surface area contributed by atoms with E-state index in [-0.39, 0.29) is 26.4 Å². The number of nitro groups is 6. The molecule has 0 amide bonds. The van der Waals surface area contributed by atoms with E-state index in [9.17, 15) is 70.9 Å². The smallest absolute Gasteiger partial charge is 0.283 e. The van der Waals surface area contributed by atoms with Crippen LogP contribution in [-0.2, 0) is 0 Å². The molecule has 0 saturated carbocycles. The Morgan fingerprint density at radius 2 is 0.625 bits per heavy atom. The first kappa shape index (κ1) is 42.2. The highest BCUT2D eigenvalue weighted by Crippen LogP contribution is 2.37. The van der Waals surface area contributed by atoms with Crippen LogP contribution in [0.15, 0.2) is 24.3 Å². The van der Waals surface area contributed by atoms with Gasteiger partial charge in [0.25, 0.3) is 34.1 Å². The first-order valence-corrected chi connectivity index (χ1v) is 13.1. The van der Waals surface area contributed by atoms with E-state index in [1.165, 1.54) is 0 Å². The number of non-ortho nitro benzene ring substituents is 2. The zero-order valence-electron chi connectivity index (χ0n) is 24.6. The Morgan fingerprint density at radius 3 is 0.771 bits per heavy atom. The molecule has 0 unspecified atom stereocenters. The number of hydrogen-bond acceptors (Lipinski definition) is 18. The van der Waals surface area contributed by atoms with Gasteiger partial charge in [0.1, 0.15) is 39.3 Å². The standard InChI is InChI=1S/C10H24N2O4.2C6H3N3O7/c13-7-3-11(4-8-14)1-2-12(5-9-15)6-10-16;2*10-6-4(8(13)14)1-3(7(11)12)2-5(6)9(15)16/h13-16H,1-10H2;2*1-2,10H. The minimum Gasteiger partial charge on any atom is -0.863 e. The summed E-state index contributed by atoms with van der Waals surface area (Å²) in [7, 11) is 0. The summed E-state index contributed by atoms with van der Waals surface area (Å²) in [6, 6.07) is 1.54. The van der Waals surface area contributed by atoms with Crippen LogP contribution in [-0.4, -0.2) is 116 Å². The molecule has 26 heteroatoms. The van der Waals surface area contributed by atoms with E-state index < -0.39 is 75.2 Å². The lowest BCUT2D eigenvalue weighted by molar-refractivity contribution is -0.958. The van der Waals surface area contributed by atoms with Crippen LogP contribution >= 0.6 is 0 Å². The van der Waals surface area contributed by atoms with Crippen molar-refractivity contribution in [3.63, 3.8) is 0 Å². The molecular weight excluding hydrogens is 664 g/mol. The van der Waals surface area contributed by atoms with Crippen LogP contribution in [0.1, 0.15) is 0 Å². The Morgan fingerprint density at radius 1 is 0.417 bits per heavy atom. The van der Waals surface area contributed by atoms with Gasteiger partial charge in [-0.05, 0) is 0 Å². The van der Waals surface area contributed by atoms with Gasteiger partial charge in [0.2, 0.25) is 0 Å². The third-order valence-electron chi connectivity index (χ3n) is 5.97. The molecule has 0 bridgehead atoms. The normalized spacial score (nSPS) is 10.4. The summed E-state index contributed by atoms with van der Waals surface area (Å²) < 4.78 is 0. The van der Waals surface area contributed by atoms with E-state index in [1.54, 1.807) is 0 Å². The maximum atomic E-state index is 11.1. The van der Waals surface area contributed by atoms with Crippen LogP contribution in [0.3, 0.4) is 0 Å².